The number of rotatable bonds is 4. The molecule has 0 saturated heterocycles. The highest BCUT2D eigenvalue weighted by atomic mass is 32.2. The number of aryl methyl sites for hydroxylation is 1. The number of nitrogens with one attached hydrogen (secondary N) is 1. The van der Waals surface area contributed by atoms with Gasteiger partial charge in [0.25, 0.3) is 0 Å². The lowest BCUT2D eigenvalue weighted by atomic mass is 10.1. The highest BCUT2D eigenvalue weighted by Crippen LogP contribution is 2.27. The van der Waals surface area contributed by atoms with Crippen LogP contribution in [0.3, 0.4) is 0 Å². The predicted molar refractivity (Wildman–Crippen MR) is 71.6 cm³/mol. The van der Waals surface area contributed by atoms with E-state index in [1.807, 2.05) is 0 Å². The van der Waals surface area contributed by atoms with Gasteiger partial charge in [-0.05, 0) is 49.9 Å². The average molecular weight is 304 g/mol. The van der Waals surface area contributed by atoms with Crippen molar-refractivity contribution in [2.24, 2.45) is 11.7 Å². The minimum absolute atomic E-state index is 0.0446. The number of halogens is 2. The maximum absolute atomic E-state index is 13.8. The Balaban J connectivity index is 2.29. The summed E-state index contributed by atoms with van der Waals surface area (Å²) in [6.45, 7) is 1.75. The molecule has 1 aromatic carbocycles. The molecule has 1 aromatic rings. The first-order valence-electron chi connectivity index (χ1n) is 6.53. The first-order chi connectivity index (χ1) is 9.35. The van der Waals surface area contributed by atoms with Crippen LogP contribution in [0.5, 0.6) is 0 Å². The number of hydrogen-bond donors (Lipinski definition) is 2. The topological polar surface area (TPSA) is 72.2 Å². The van der Waals surface area contributed by atoms with Gasteiger partial charge in [0.05, 0.1) is 0 Å². The Morgan fingerprint density at radius 2 is 2.00 bits per heavy atom. The molecule has 2 atom stereocenters. The summed E-state index contributed by atoms with van der Waals surface area (Å²) < 4.78 is 54.0. The normalized spacial score (nSPS) is 23.2. The predicted octanol–water partition coefficient (Wildman–Crippen LogP) is 1.68. The van der Waals surface area contributed by atoms with Gasteiger partial charge in [-0.15, -0.1) is 0 Å². The fourth-order valence-corrected chi connectivity index (χ4v) is 3.98. The maximum atomic E-state index is 13.8. The highest BCUT2D eigenvalue weighted by Gasteiger charge is 2.31. The van der Waals surface area contributed by atoms with Crippen molar-refractivity contribution in [3.63, 3.8) is 0 Å². The molecule has 0 spiro atoms. The monoisotopic (exact) mass is 304 g/mol. The molecule has 0 amide bonds. The first kappa shape index (κ1) is 15.3. The first-order valence-corrected chi connectivity index (χ1v) is 8.01. The zero-order valence-electron chi connectivity index (χ0n) is 11.2. The van der Waals surface area contributed by atoms with E-state index in [9.17, 15) is 17.2 Å². The molecule has 1 saturated carbocycles. The van der Waals surface area contributed by atoms with Crippen LogP contribution < -0.4 is 10.5 Å². The summed E-state index contributed by atoms with van der Waals surface area (Å²) in [6, 6.07) is 1.30. The summed E-state index contributed by atoms with van der Waals surface area (Å²) in [7, 11) is -4.08. The van der Waals surface area contributed by atoms with Gasteiger partial charge in [-0.25, -0.2) is 21.9 Å². The zero-order chi connectivity index (χ0) is 14.9. The van der Waals surface area contributed by atoms with Crippen molar-refractivity contribution in [2.45, 2.75) is 37.1 Å². The third-order valence-electron chi connectivity index (χ3n) is 3.77. The van der Waals surface area contributed by atoms with Gasteiger partial charge in [-0.2, -0.15) is 0 Å². The maximum Gasteiger partial charge on any atom is 0.243 e. The summed E-state index contributed by atoms with van der Waals surface area (Å²) in [4.78, 5) is -0.650. The molecule has 0 heterocycles. The second-order valence-electron chi connectivity index (χ2n) is 5.19. The Bertz CT molecular complexity index is 605. The van der Waals surface area contributed by atoms with Gasteiger partial charge >= 0.3 is 0 Å². The van der Waals surface area contributed by atoms with Gasteiger partial charge in [-0.3, -0.25) is 0 Å². The van der Waals surface area contributed by atoms with Crippen molar-refractivity contribution < 1.29 is 17.2 Å². The summed E-state index contributed by atoms with van der Waals surface area (Å²) in [5.74, 6) is -1.64. The van der Waals surface area contributed by atoms with Gasteiger partial charge in [0, 0.05) is 6.04 Å². The molecule has 0 radical (unpaired) electrons. The van der Waals surface area contributed by atoms with Crippen LogP contribution >= 0.6 is 0 Å². The Morgan fingerprint density at radius 3 is 2.65 bits per heavy atom. The molecule has 1 fully saturated rings. The van der Waals surface area contributed by atoms with E-state index in [1.165, 1.54) is 6.92 Å². The molecule has 0 aliphatic heterocycles. The standard InChI is InChI=1S/C13H18F2N2O2S/c1-8-5-11(15)13(6-10(8)14)20(18,19)17-12-4-2-3-9(12)7-16/h5-6,9,12,17H,2-4,7,16H2,1H3/t9-,12-/m1/s1. The van der Waals surface area contributed by atoms with Gasteiger partial charge in [0.15, 0.2) is 0 Å². The summed E-state index contributed by atoms with van der Waals surface area (Å²) in [5, 5.41) is 0. The SMILES string of the molecule is Cc1cc(F)c(S(=O)(=O)N[C@@H]2CCC[C@@H]2CN)cc1F. The Kier molecular flexibility index (Phi) is 4.41. The lowest BCUT2D eigenvalue weighted by Crippen LogP contribution is -2.40. The summed E-state index contributed by atoms with van der Waals surface area (Å²) in [5.41, 5.74) is 5.66. The van der Waals surface area contributed by atoms with E-state index in [1.54, 1.807) is 0 Å². The molecule has 7 heteroatoms. The molecule has 1 aliphatic carbocycles. The molecule has 1 aliphatic rings. The molecule has 20 heavy (non-hydrogen) atoms. The van der Waals surface area contributed by atoms with Crippen molar-refractivity contribution in [3.8, 4) is 0 Å². The van der Waals surface area contributed by atoms with Crippen LogP contribution in [0.2, 0.25) is 0 Å². The number of nitrogens with two attached hydrogens (primary N) is 1. The van der Waals surface area contributed by atoms with E-state index in [-0.39, 0.29) is 17.5 Å². The van der Waals surface area contributed by atoms with Crippen LogP contribution in [-0.2, 0) is 10.0 Å². The highest BCUT2D eigenvalue weighted by molar-refractivity contribution is 7.89. The fourth-order valence-electron chi connectivity index (χ4n) is 2.57. The quantitative estimate of drug-likeness (QED) is 0.889. The molecule has 0 bridgehead atoms. The van der Waals surface area contributed by atoms with Crippen molar-refractivity contribution >= 4 is 10.0 Å². The third kappa shape index (κ3) is 2.99. The van der Waals surface area contributed by atoms with Crippen LogP contribution in [0.25, 0.3) is 0 Å². The van der Waals surface area contributed by atoms with E-state index in [0.29, 0.717) is 13.0 Å². The Morgan fingerprint density at radius 1 is 1.30 bits per heavy atom. The molecule has 0 unspecified atom stereocenters. The third-order valence-corrected chi connectivity index (χ3v) is 5.28. The van der Waals surface area contributed by atoms with Crippen molar-refractivity contribution in [3.05, 3.63) is 29.3 Å². The molecule has 2 rings (SSSR count). The van der Waals surface area contributed by atoms with Gasteiger partial charge < -0.3 is 5.73 Å². The Labute approximate surface area is 117 Å². The molecule has 4 nitrogen and oxygen atoms in total. The fraction of sp³-hybridized carbons (Fsp3) is 0.538. The van der Waals surface area contributed by atoms with Crippen LogP contribution in [0.1, 0.15) is 24.8 Å². The van der Waals surface area contributed by atoms with E-state index in [2.05, 4.69) is 4.72 Å². The number of hydrogen-bond acceptors (Lipinski definition) is 3. The Hall–Kier alpha value is -1.05. The zero-order valence-corrected chi connectivity index (χ0v) is 12.0. The number of benzene rings is 1. The van der Waals surface area contributed by atoms with Crippen molar-refractivity contribution in [1.29, 1.82) is 0 Å². The van der Waals surface area contributed by atoms with Crippen LogP contribution in [-0.4, -0.2) is 21.0 Å². The summed E-state index contributed by atoms with van der Waals surface area (Å²) >= 11 is 0. The van der Waals surface area contributed by atoms with Gasteiger partial charge in [0.2, 0.25) is 10.0 Å². The summed E-state index contributed by atoms with van der Waals surface area (Å²) in [6.07, 6.45) is 2.38. The smallest absolute Gasteiger partial charge is 0.243 e. The van der Waals surface area contributed by atoms with Crippen LogP contribution in [0, 0.1) is 24.5 Å². The lowest BCUT2D eigenvalue weighted by Gasteiger charge is -2.19. The molecular weight excluding hydrogens is 286 g/mol. The average Bonchev–Trinajstić information content (AvgIpc) is 2.80. The molecule has 3 N–H and O–H groups in total. The second kappa shape index (κ2) is 5.75. The van der Waals surface area contributed by atoms with E-state index in [4.69, 9.17) is 5.73 Å². The number of sulfonamides is 1. The largest absolute Gasteiger partial charge is 0.330 e. The van der Waals surface area contributed by atoms with Gasteiger partial charge in [0.1, 0.15) is 16.5 Å². The minimum Gasteiger partial charge on any atom is -0.330 e. The van der Waals surface area contributed by atoms with Crippen molar-refractivity contribution in [2.75, 3.05) is 6.54 Å². The van der Waals surface area contributed by atoms with Crippen molar-refractivity contribution in [1.82, 2.24) is 4.72 Å². The van der Waals surface area contributed by atoms with E-state index >= 15 is 0 Å². The minimum atomic E-state index is -4.08. The van der Waals surface area contributed by atoms with E-state index < -0.39 is 26.6 Å². The van der Waals surface area contributed by atoms with Crippen LogP contribution in [0.4, 0.5) is 8.78 Å². The second-order valence-corrected chi connectivity index (χ2v) is 6.87. The molecule has 112 valence electrons. The van der Waals surface area contributed by atoms with E-state index in [0.717, 1.165) is 25.0 Å². The van der Waals surface area contributed by atoms with Crippen LogP contribution in [0.15, 0.2) is 17.0 Å². The lowest BCUT2D eigenvalue weighted by molar-refractivity contribution is 0.450. The molecule has 0 aromatic heterocycles. The van der Waals surface area contributed by atoms with Gasteiger partial charge in [-0.1, -0.05) is 6.42 Å². The molecular formula is C13H18F2N2O2S.